The van der Waals surface area contributed by atoms with Gasteiger partial charge in [-0.05, 0) is 113 Å². The van der Waals surface area contributed by atoms with Gasteiger partial charge in [-0.2, -0.15) is 0 Å². The number of fused-ring (bicyclic) bond motifs is 1. The molecule has 1 aliphatic rings. The second-order valence-corrected chi connectivity index (χ2v) is 12.6. The lowest BCUT2D eigenvalue weighted by Gasteiger charge is -2.23. The third-order valence-electron chi connectivity index (χ3n) is 8.97. The fourth-order valence-electron chi connectivity index (χ4n) is 5.60. The number of benzene rings is 4. The minimum Gasteiger partial charge on any atom is -0.508 e. The van der Waals surface area contributed by atoms with Gasteiger partial charge in [-0.1, -0.05) is 110 Å². The van der Waals surface area contributed by atoms with Gasteiger partial charge in [-0.15, -0.1) is 13.2 Å². The molecule has 5 rings (SSSR count). The number of phenols is 1. The Bertz CT molecular complexity index is 1630. The highest BCUT2D eigenvalue weighted by molar-refractivity contribution is 5.76. The Morgan fingerprint density at radius 1 is 0.714 bits per heavy atom. The molecule has 260 valence electrons. The summed E-state index contributed by atoms with van der Waals surface area (Å²) >= 11 is 0. The Balaban J connectivity index is 0.00000101. The molecule has 3 N–H and O–H groups in total. The van der Waals surface area contributed by atoms with Crippen molar-refractivity contribution in [2.75, 3.05) is 0 Å². The lowest BCUT2D eigenvalue weighted by molar-refractivity contribution is 0.183. The van der Waals surface area contributed by atoms with Gasteiger partial charge >= 0.3 is 0 Å². The highest BCUT2D eigenvalue weighted by Crippen LogP contribution is 2.38. The molecule has 0 bridgehead atoms. The van der Waals surface area contributed by atoms with Crippen molar-refractivity contribution < 1.29 is 14.6 Å². The zero-order valence-electron chi connectivity index (χ0n) is 30.5. The fraction of sp³-hybridized carbons (Fsp3) is 0.333. The van der Waals surface area contributed by atoms with E-state index >= 15 is 0 Å². The van der Waals surface area contributed by atoms with Crippen LogP contribution in [-0.2, 0) is 0 Å². The molecule has 0 aliphatic heterocycles. The van der Waals surface area contributed by atoms with Gasteiger partial charge < -0.3 is 20.3 Å². The van der Waals surface area contributed by atoms with E-state index in [1.54, 1.807) is 12.1 Å². The molecule has 0 fully saturated rings. The third-order valence-corrected chi connectivity index (χ3v) is 8.97. The van der Waals surface area contributed by atoms with Crippen LogP contribution in [0.5, 0.6) is 23.0 Å². The quantitative estimate of drug-likeness (QED) is 0.157. The number of hydrogen-bond donors (Lipinski definition) is 2. The lowest BCUT2D eigenvalue weighted by Crippen LogP contribution is -2.14. The first-order valence-electron chi connectivity index (χ1n) is 17.9. The lowest BCUT2D eigenvalue weighted by atomic mass is 9.83. The molecule has 4 aromatic carbocycles. The van der Waals surface area contributed by atoms with E-state index in [0.717, 1.165) is 63.6 Å². The Morgan fingerprint density at radius 3 is 1.88 bits per heavy atom. The minimum absolute atomic E-state index is 0.236. The monoisotopic (exact) mass is 659 g/mol. The zero-order chi connectivity index (χ0) is 35.8. The maximum atomic E-state index is 9.87. The van der Waals surface area contributed by atoms with E-state index in [1.165, 1.54) is 31.2 Å². The largest absolute Gasteiger partial charge is 0.508 e. The van der Waals surface area contributed by atoms with Crippen LogP contribution in [0.3, 0.4) is 0 Å². The summed E-state index contributed by atoms with van der Waals surface area (Å²) < 4.78 is 12.8. The third kappa shape index (κ3) is 11.2. The molecule has 0 saturated heterocycles. The van der Waals surface area contributed by atoms with Crippen molar-refractivity contribution in [2.45, 2.75) is 92.1 Å². The number of aromatic hydroxyl groups is 1. The molecule has 0 heterocycles. The van der Waals surface area contributed by atoms with Crippen LogP contribution in [-0.4, -0.2) is 11.2 Å². The van der Waals surface area contributed by atoms with Crippen molar-refractivity contribution in [1.82, 2.24) is 0 Å². The standard InChI is InChI=1S/C39H43NO3.C4H10.C2H4/c1-5-7-10-33(6-2)42-34-18-14-29(15-19-34)31-22-30(28-12-16-32(41)17-13-28)23-36(24-31)43-35-20-21-37-27(4)26(3)9-8-11-39(40)38(37)25-35;1-3-4-2;1-2/h8-9,11-27,33,41H,5-7,10,40H2,1-4H3;3-4H2,1-2H3;1-2H2/b9-8-,39-11-;;. The fourth-order valence-corrected chi connectivity index (χ4v) is 5.60. The van der Waals surface area contributed by atoms with Crippen LogP contribution in [0.2, 0.25) is 0 Å². The molecular weight excluding hydrogens is 602 g/mol. The first kappa shape index (κ1) is 38.7. The summed E-state index contributed by atoms with van der Waals surface area (Å²) in [4.78, 5) is 0. The Hall–Kier alpha value is -4.70. The van der Waals surface area contributed by atoms with Gasteiger partial charge in [0.15, 0.2) is 0 Å². The Labute approximate surface area is 296 Å². The van der Waals surface area contributed by atoms with Crippen LogP contribution in [0.15, 0.2) is 116 Å². The molecule has 0 aromatic heterocycles. The number of nitrogens with two attached hydrogens (primary N) is 1. The highest BCUT2D eigenvalue weighted by atomic mass is 16.5. The molecule has 1 aliphatic carbocycles. The molecule has 0 spiro atoms. The van der Waals surface area contributed by atoms with Gasteiger partial charge in [-0.25, -0.2) is 0 Å². The van der Waals surface area contributed by atoms with Gasteiger partial charge in [0, 0.05) is 11.3 Å². The average molecular weight is 660 g/mol. The summed E-state index contributed by atoms with van der Waals surface area (Å²) in [6, 6.07) is 28.0. The van der Waals surface area contributed by atoms with Crippen LogP contribution in [0.4, 0.5) is 0 Å². The van der Waals surface area contributed by atoms with Crippen molar-refractivity contribution in [3.05, 3.63) is 127 Å². The van der Waals surface area contributed by atoms with E-state index in [1.807, 2.05) is 42.5 Å². The van der Waals surface area contributed by atoms with Crippen LogP contribution in [0, 0.1) is 5.92 Å². The van der Waals surface area contributed by atoms with E-state index in [-0.39, 0.29) is 11.9 Å². The second kappa shape index (κ2) is 20.0. The van der Waals surface area contributed by atoms with E-state index in [2.05, 4.69) is 103 Å². The molecule has 3 atom stereocenters. The Kier molecular flexibility index (Phi) is 15.8. The number of ether oxygens (including phenoxy) is 2. The summed E-state index contributed by atoms with van der Waals surface area (Å²) in [5.74, 6) is 3.32. The van der Waals surface area contributed by atoms with Gasteiger partial charge in [0.2, 0.25) is 0 Å². The summed E-state index contributed by atoms with van der Waals surface area (Å²) in [5, 5.41) is 9.87. The normalized spacial score (nSPS) is 17.2. The molecule has 4 aromatic rings. The molecule has 3 unspecified atom stereocenters. The van der Waals surface area contributed by atoms with Gasteiger partial charge in [0.05, 0.1) is 6.10 Å². The second-order valence-electron chi connectivity index (χ2n) is 12.6. The molecule has 49 heavy (non-hydrogen) atoms. The summed E-state index contributed by atoms with van der Waals surface area (Å²) in [5.41, 5.74) is 13.5. The first-order valence-corrected chi connectivity index (χ1v) is 17.9. The molecule has 0 radical (unpaired) electrons. The maximum Gasteiger partial charge on any atom is 0.128 e. The van der Waals surface area contributed by atoms with Crippen molar-refractivity contribution in [3.8, 4) is 45.3 Å². The smallest absolute Gasteiger partial charge is 0.128 e. The van der Waals surface area contributed by atoms with Crippen molar-refractivity contribution >= 4 is 5.70 Å². The predicted octanol–water partition coefficient (Wildman–Crippen LogP) is 13.1. The molecule has 0 amide bonds. The van der Waals surface area contributed by atoms with Gasteiger partial charge in [0.1, 0.15) is 23.0 Å². The summed E-state index contributed by atoms with van der Waals surface area (Å²) in [7, 11) is 0. The maximum absolute atomic E-state index is 9.87. The van der Waals surface area contributed by atoms with E-state index in [9.17, 15) is 5.11 Å². The Morgan fingerprint density at radius 2 is 1.31 bits per heavy atom. The van der Waals surface area contributed by atoms with E-state index in [0.29, 0.717) is 11.8 Å². The average Bonchev–Trinajstić information content (AvgIpc) is 3.13. The van der Waals surface area contributed by atoms with Crippen LogP contribution < -0.4 is 15.2 Å². The SMILES string of the molecule is C=C.CCCC.CCCCC(CC)Oc1ccc(-c2cc(Oc3ccc4c(c3)/C(N)=C/C=C\C(C)C4C)cc(-c3ccc(O)cc3)c2)cc1. The minimum atomic E-state index is 0.236. The van der Waals surface area contributed by atoms with Gasteiger partial charge in [-0.3, -0.25) is 0 Å². The summed E-state index contributed by atoms with van der Waals surface area (Å²) in [6.45, 7) is 19.2. The van der Waals surface area contributed by atoms with E-state index in [4.69, 9.17) is 15.2 Å². The highest BCUT2D eigenvalue weighted by Gasteiger charge is 2.19. The number of unbranched alkanes of at least 4 members (excludes halogenated alkanes) is 2. The van der Waals surface area contributed by atoms with Crippen molar-refractivity contribution in [2.24, 2.45) is 11.7 Å². The van der Waals surface area contributed by atoms with Gasteiger partial charge in [0.25, 0.3) is 0 Å². The van der Waals surface area contributed by atoms with Crippen LogP contribution in [0.25, 0.3) is 28.0 Å². The number of allylic oxidation sites excluding steroid dienone is 3. The van der Waals surface area contributed by atoms with E-state index < -0.39 is 0 Å². The van der Waals surface area contributed by atoms with Crippen LogP contribution >= 0.6 is 0 Å². The molecule has 4 heteroatoms. The number of phenolic OH excluding ortho intramolecular Hbond substituents is 1. The molecular formula is C45H57NO3. The topological polar surface area (TPSA) is 64.7 Å². The van der Waals surface area contributed by atoms with Crippen molar-refractivity contribution in [3.63, 3.8) is 0 Å². The molecule has 4 nitrogen and oxygen atoms in total. The number of hydrogen-bond acceptors (Lipinski definition) is 4. The predicted molar refractivity (Wildman–Crippen MR) is 210 cm³/mol. The zero-order valence-corrected chi connectivity index (χ0v) is 30.5. The van der Waals surface area contributed by atoms with Crippen molar-refractivity contribution in [1.29, 1.82) is 0 Å². The first-order chi connectivity index (χ1) is 23.8. The van der Waals surface area contributed by atoms with Crippen LogP contribution in [0.1, 0.15) is 97.1 Å². The summed E-state index contributed by atoms with van der Waals surface area (Å²) in [6.07, 6.45) is 13.5. The number of rotatable bonds is 11. The molecule has 0 saturated carbocycles.